The van der Waals surface area contributed by atoms with Crippen LogP contribution < -0.4 is 10.1 Å². The van der Waals surface area contributed by atoms with Gasteiger partial charge in [0.05, 0.1) is 14.6 Å². The molecule has 2 aromatic rings. The Morgan fingerprint density at radius 2 is 2.00 bits per heavy atom. The highest BCUT2D eigenvalue weighted by molar-refractivity contribution is 8.15. The van der Waals surface area contributed by atoms with Crippen LogP contribution in [-0.2, 0) is 24.0 Å². The second-order valence-corrected chi connectivity index (χ2v) is 7.43. The molecule has 27 heavy (non-hydrogen) atoms. The maximum atomic E-state index is 11.7. The van der Waals surface area contributed by atoms with Crippen molar-refractivity contribution < 1.29 is 19.8 Å². The van der Waals surface area contributed by atoms with E-state index in [4.69, 9.17) is 10.2 Å². The monoisotopic (exact) mass is 388 g/mol. The molecule has 1 aliphatic heterocycles. The molecule has 1 saturated heterocycles. The number of carbonyl (C=O) groups excluding carboxylic acids is 2. The topological polar surface area (TPSA) is 68.3 Å². The number of ether oxygens (including phenoxy) is 1. The van der Waals surface area contributed by atoms with E-state index < -0.39 is 18.2 Å². The van der Waals surface area contributed by atoms with E-state index in [0.717, 1.165) is 35.7 Å². The predicted octanol–water partition coefficient (Wildman–Crippen LogP) is 3.86. The van der Waals surface area contributed by atoms with Crippen LogP contribution in [0.2, 0.25) is 0 Å². The third kappa shape index (κ3) is 5.32. The molecule has 0 spiro atoms. The molecule has 3 rings (SSSR count). The number of hydrogen-bond donors (Lipinski definition) is 1. The molecule has 1 aromatic carbocycles. The van der Waals surface area contributed by atoms with Crippen LogP contribution in [0.1, 0.15) is 41.3 Å². The number of nitrogens with one attached hydrogen (secondary N) is 1. The zero-order valence-corrected chi connectivity index (χ0v) is 16.1. The molecule has 0 aliphatic carbocycles. The predicted molar refractivity (Wildman–Crippen MR) is 107 cm³/mol. The minimum Gasteiger partial charge on any atom is -0.493 e. The second-order valence-electron chi connectivity index (χ2n) is 6.25. The summed E-state index contributed by atoms with van der Waals surface area (Å²) in [5, 5.41) is 1.38. The van der Waals surface area contributed by atoms with Crippen LogP contribution in [0.5, 0.6) is 5.75 Å². The van der Waals surface area contributed by atoms with Crippen molar-refractivity contribution in [1.82, 2.24) is 10.3 Å². The van der Waals surface area contributed by atoms with Crippen LogP contribution >= 0.6 is 11.8 Å². The lowest BCUT2D eigenvalue weighted by atomic mass is 10.1. The van der Waals surface area contributed by atoms with E-state index in [9.17, 15) is 9.59 Å². The number of imide groups is 1. The lowest BCUT2D eigenvalue weighted by Crippen LogP contribution is -2.25. The second kappa shape index (κ2) is 9.04. The van der Waals surface area contributed by atoms with Crippen molar-refractivity contribution in [2.45, 2.75) is 44.7 Å². The lowest BCUT2D eigenvalue weighted by molar-refractivity contribution is -0.118. The minimum atomic E-state index is -2.67. The molecule has 2 amide bonds. The molecule has 1 atom stereocenters. The van der Waals surface area contributed by atoms with Gasteiger partial charge in [0.2, 0.25) is 5.91 Å². The number of pyridine rings is 1. The van der Waals surface area contributed by atoms with Gasteiger partial charge in [-0.25, -0.2) is 0 Å². The summed E-state index contributed by atoms with van der Waals surface area (Å²) >= 11 is 0.941. The van der Waals surface area contributed by atoms with Crippen LogP contribution in [0.15, 0.2) is 36.4 Å². The molecule has 0 radical (unpaired) electrons. The van der Waals surface area contributed by atoms with Crippen molar-refractivity contribution >= 4 is 22.9 Å². The normalized spacial score (nSPS) is 19.7. The van der Waals surface area contributed by atoms with E-state index >= 15 is 0 Å². The first-order valence-corrected chi connectivity index (χ1v) is 9.68. The van der Waals surface area contributed by atoms with Crippen LogP contribution in [0.3, 0.4) is 0 Å². The van der Waals surface area contributed by atoms with Gasteiger partial charge < -0.3 is 4.74 Å². The van der Waals surface area contributed by atoms with Crippen LogP contribution in [0.25, 0.3) is 0 Å². The molecule has 1 fully saturated rings. The molecule has 6 heteroatoms. The Kier molecular flexibility index (Phi) is 4.92. The Morgan fingerprint density at radius 3 is 2.63 bits per heavy atom. The van der Waals surface area contributed by atoms with Crippen LogP contribution in [-0.4, -0.2) is 27.9 Å². The number of aromatic nitrogens is 1. The number of aryl methyl sites for hydroxylation is 3. The Bertz CT molecular complexity index is 983. The third-order valence-electron chi connectivity index (χ3n) is 4.17. The van der Waals surface area contributed by atoms with Gasteiger partial charge in [0.15, 0.2) is 0 Å². The summed E-state index contributed by atoms with van der Waals surface area (Å²) < 4.78 is 38.5. The molecule has 1 N–H and O–H groups in total. The molecule has 0 bridgehead atoms. The summed E-state index contributed by atoms with van der Waals surface area (Å²) in [7, 11) is 0. The first-order chi connectivity index (χ1) is 14.5. The van der Waals surface area contributed by atoms with Crippen LogP contribution in [0.4, 0.5) is 4.79 Å². The number of carbonyl (C=O) groups is 2. The number of hydrogen-bond acceptors (Lipinski definition) is 5. The summed E-state index contributed by atoms with van der Waals surface area (Å²) in [6.07, 6.45) is -0.369. The number of rotatable bonds is 8. The maximum Gasteiger partial charge on any atom is 0.286 e. The highest BCUT2D eigenvalue weighted by Gasteiger charge is 2.31. The maximum absolute atomic E-state index is 11.7. The van der Waals surface area contributed by atoms with Crippen molar-refractivity contribution in [1.29, 1.82) is 0 Å². The average Bonchev–Trinajstić information content (AvgIpc) is 3.01. The van der Waals surface area contributed by atoms with E-state index in [1.165, 1.54) is 18.2 Å². The zero-order valence-electron chi connectivity index (χ0n) is 19.2. The molecule has 1 aliphatic rings. The molecule has 142 valence electrons. The Balaban J connectivity index is 1.72. The molecule has 0 saturated carbocycles. The fourth-order valence-electron chi connectivity index (χ4n) is 2.77. The fraction of sp³-hybridized carbons (Fsp3) is 0.381. The number of thioether (sulfide) groups is 1. The highest BCUT2D eigenvalue weighted by atomic mass is 32.2. The van der Waals surface area contributed by atoms with Gasteiger partial charge in [-0.15, -0.1) is 0 Å². The Hall–Kier alpha value is -2.34. The summed E-state index contributed by atoms with van der Waals surface area (Å²) in [4.78, 5) is 27.3. The van der Waals surface area contributed by atoms with Crippen molar-refractivity contribution in [3.63, 3.8) is 0 Å². The van der Waals surface area contributed by atoms with Crippen molar-refractivity contribution in [2.75, 3.05) is 6.56 Å². The summed E-state index contributed by atoms with van der Waals surface area (Å²) in [5.74, 6) is -0.177. The van der Waals surface area contributed by atoms with Gasteiger partial charge in [-0.05, 0) is 49.1 Å². The van der Waals surface area contributed by atoms with Gasteiger partial charge in [-0.3, -0.25) is 19.9 Å². The smallest absolute Gasteiger partial charge is 0.286 e. The minimum absolute atomic E-state index is 0.0274. The fourth-order valence-corrected chi connectivity index (χ4v) is 3.62. The van der Waals surface area contributed by atoms with Gasteiger partial charge in [0, 0.05) is 20.5 Å². The summed E-state index contributed by atoms with van der Waals surface area (Å²) in [6.45, 7) is 1.16. The zero-order chi connectivity index (χ0) is 22.8. The molecule has 1 aromatic heterocycles. The van der Waals surface area contributed by atoms with Gasteiger partial charge in [-0.1, -0.05) is 43.3 Å². The van der Waals surface area contributed by atoms with Gasteiger partial charge in [-0.2, -0.15) is 0 Å². The Morgan fingerprint density at radius 1 is 1.22 bits per heavy atom. The largest absolute Gasteiger partial charge is 0.493 e. The van der Waals surface area contributed by atoms with Crippen LogP contribution in [0, 0.1) is 6.92 Å². The SMILES string of the molecule is [2H]C([2H])(Oc1ccc(CC2SC(=O)NC2=O)cc1)C([2H])([2H])c1ccc(CCC)c(C)n1. The molecule has 2 heterocycles. The van der Waals surface area contributed by atoms with Crippen molar-refractivity contribution in [2.24, 2.45) is 0 Å². The van der Waals surface area contributed by atoms with Gasteiger partial charge in [0.25, 0.3) is 5.24 Å². The quantitative estimate of drug-likeness (QED) is 0.744. The molecule has 1 unspecified atom stereocenters. The Labute approximate surface area is 169 Å². The number of benzene rings is 1. The first-order valence-electron chi connectivity index (χ1n) is 10.8. The number of amides is 2. The number of nitrogens with zero attached hydrogens (tertiary/aromatic N) is 1. The highest BCUT2D eigenvalue weighted by Crippen LogP contribution is 2.24. The molecular formula is C21H24N2O3S. The van der Waals surface area contributed by atoms with E-state index in [-0.39, 0.29) is 22.6 Å². The molecular weight excluding hydrogens is 360 g/mol. The van der Waals surface area contributed by atoms with Gasteiger partial charge in [0.1, 0.15) is 5.75 Å². The van der Waals surface area contributed by atoms with E-state index in [1.807, 2.05) is 6.92 Å². The van der Waals surface area contributed by atoms with Crippen molar-refractivity contribution in [3.8, 4) is 5.75 Å². The summed E-state index contributed by atoms with van der Waals surface area (Å²) in [5.41, 5.74) is 2.44. The van der Waals surface area contributed by atoms with E-state index in [2.05, 4.69) is 10.3 Å². The lowest BCUT2D eigenvalue weighted by Gasteiger charge is -2.10. The molecule has 5 nitrogen and oxygen atoms in total. The van der Waals surface area contributed by atoms with E-state index in [0.29, 0.717) is 12.1 Å². The first kappa shape index (κ1) is 14.7. The summed E-state index contributed by atoms with van der Waals surface area (Å²) in [6, 6.07) is 9.66. The van der Waals surface area contributed by atoms with Crippen molar-refractivity contribution in [3.05, 3.63) is 58.9 Å². The van der Waals surface area contributed by atoms with E-state index in [1.54, 1.807) is 25.1 Å². The average molecular weight is 389 g/mol. The standard InChI is InChI=1S/C21H24N2O3S/c1-3-4-16-7-8-17(22-14(16)2)11-12-26-18-9-5-15(6-10-18)13-19-20(24)23-21(25)27-19/h5-10,19H,3-4,11-13H2,1-2H3,(H,23,24,25)/i11D2,12D2. The van der Waals surface area contributed by atoms with Gasteiger partial charge >= 0.3 is 0 Å². The third-order valence-corrected chi connectivity index (χ3v) is 5.16.